The van der Waals surface area contributed by atoms with Crippen molar-refractivity contribution in [1.82, 2.24) is 4.90 Å². The zero-order chi connectivity index (χ0) is 22.8. The van der Waals surface area contributed by atoms with E-state index in [2.05, 4.69) is 24.2 Å². The molecule has 1 saturated heterocycles. The van der Waals surface area contributed by atoms with Crippen molar-refractivity contribution in [1.29, 1.82) is 0 Å². The van der Waals surface area contributed by atoms with Crippen LogP contribution in [0.15, 0.2) is 53.5 Å². The van der Waals surface area contributed by atoms with E-state index >= 15 is 0 Å². The van der Waals surface area contributed by atoms with E-state index in [1.165, 1.54) is 24.1 Å². The van der Waals surface area contributed by atoms with Crippen LogP contribution in [0.2, 0.25) is 0 Å². The Morgan fingerprint density at radius 1 is 1.19 bits per heavy atom. The van der Waals surface area contributed by atoms with Gasteiger partial charge < -0.3 is 5.32 Å². The second-order valence-electron chi connectivity index (χ2n) is 7.48. The predicted molar refractivity (Wildman–Crippen MR) is 116 cm³/mol. The number of amides is 2. The molecule has 164 valence electrons. The highest BCUT2D eigenvalue weighted by molar-refractivity contribution is 8.15. The molecule has 1 heterocycles. The third-order valence-corrected chi connectivity index (χ3v) is 6.00. The highest BCUT2D eigenvalue weighted by atomic mass is 32.2. The molecule has 1 fully saturated rings. The number of hydrogen-bond donors (Lipinski definition) is 1. The number of carbonyl (C=O) groups excluding carboxylic acids is 2. The molecule has 1 aliphatic rings. The van der Waals surface area contributed by atoms with Gasteiger partial charge in [0.15, 0.2) is 5.17 Å². The number of alkyl halides is 3. The SMILES string of the molecule is CC(C)c1ccc(NC(=O)C[C@H]2SC(=Nc3cccc(C(F)(F)F)c3)N(C)C2=O)cc1. The van der Waals surface area contributed by atoms with Gasteiger partial charge in [-0.1, -0.05) is 43.8 Å². The van der Waals surface area contributed by atoms with Gasteiger partial charge in [0.1, 0.15) is 5.25 Å². The summed E-state index contributed by atoms with van der Waals surface area (Å²) in [6, 6.07) is 12.1. The van der Waals surface area contributed by atoms with Crippen molar-refractivity contribution < 1.29 is 22.8 Å². The van der Waals surface area contributed by atoms with Gasteiger partial charge in [0.25, 0.3) is 0 Å². The summed E-state index contributed by atoms with van der Waals surface area (Å²) >= 11 is 1.06. The molecule has 0 aliphatic carbocycles. The molecule has 1 atom stereocenters. The van der Waals surface area contributed by atoms with Gasteiger partial charge in [-0.3, -0.25) is 14.5 Å². The van der Waals surface area contributed by atoms with E-state index in [1.807, 2.05) is 24.3 Å². The lowest BCUT2D eigenvalue weighted by Gasteiger charge is -2.10. The molecular weight excluding hydrogens is 427 g/mol. The first kappa shape index (κ1) is 22.9. The molecule has 0 unspecified atom stereocenters. The average Bonchev–Trinajstić information content (AvgIpc) is 2.95. The van der Waals surface area contributed by atoms with Crippen molar-refractivity contribution >= 4 is 40.1 Å². The monoisotopic (exact) mass is 449 g/mol. The van der Waals surface area contributed by atoms with Crippen LogP contribution < -0.4 is 5.32 Å². The highest BCUT2D eigenvalue weighted by Crippen LogP contribution is 2.34. The molecule has 0 bridgehead atoms. The maximum Gasteiger partial charge on any atom is 0.416 e. The van der Waals surface area contributed by atoms with E-state index in [0.717, 1.165) is 29.5 Å². The fourth-order valence-electron chi connectivity index (χ4n) is 2.99. The zero-order valence-corrected chi connectivity index (χ0v) is 18.1. The molecule has 0 spiro atoms. The molecule has 31 heavy (non-hydrogen) atoms. The molecule has 1 aliphatic heterocycles. The van der Waals surface area contributed by atoms with Crippen LogP contribution in [0.4, 0.5) is 24.5 Å². The summed E-state index contributed by atoms with van der Waals surface area (Å²) in [5, 5.41) is 2.33. The Labute approximate surface area is 182 Å². The van der Waals surface area contributed by atoms with E-state index in [-0.39, 0.29) is 29.1 Å². The third-order valence-electron chi connectivity index (χ3n) is 4.77. The molecule has 0 saturated carbocycles. The summed E-state index contributed by atoms with van der Waals surface area (Å²) in [5.41, 5.74) is 1.06. The number of benzene rings is 2. The smallest absolute Gasteiger partial charge is 0.326 e. The summed E-state index contributed by atoms with van der Waals surface area (Å²) in [5.74, 6) is -0.264. The van der Waals surface area contributed by atoms with Crippen LogP contribution in [-0.4, -0.2) is 34.2 Å². The van der Waals surface area contributed by atoms with Crippen LogP contribution in [0.5, 0.6) is 0 Å². The predicted octanol–water partition coefficient (Wildman–Crippen LogP) is 5.42. The Morgan fingerprint density at radius 3 is 2.48 bits per heavy atom. The van der Waals surface area contributed by atoms with Crippen LogP contribution in [0.3, 0.4) is 0 Å². The maximum atomic E-state index is 12.9. The normalized spacial score (nSPS) is 18.2. The number of nitrogens with zero attached hydrogens (tertiary/aromatic N) is 2. The van der Waals surface area contributed by atoms with Crippen molar-refractivity contribution in [2.75, 3.05) is 12.4 Å². The number of aliphatic imine (C=N–C) groups is 1. The second kappa shape index (κ2) is 9.13. The standard InChI is InChI=1S/C22H22F3N3O2S/c1-13(2)14-7-9-16(10-8-14)26-19(29)12-18-20(30)28(3)21(31-18)27-17-6-4-5-15(11-17)22(23,24)25/h4-11,13,18H,12H2,1-3H3,(H,26,29)/t18-/m1/s1. The van der Waals surface area contributed by atoms with Crippen molar-refractivity contribution in [3.63, 3.8) is 0 Å². The van der Waals surface area contributed by atoms with Gasteiger partial charge in [-0.15, -0.1) is 0 Å². The first-order valence-corrected chi connectivity index (χ1v) is 10.5. The summed E-state index contributed by atoms with van der Waals surface area (Å²) in [7, 11) is 1.49. The van der Waals surface area contributed by atoms with Crippen molar-refractivity contribution in [3.05, 3.63) is 59.7 Å². The molecule has 5 nitrogen and oxygen atoms in total. The van der Waals surface area contributed by atoms with E-state index in [9.17, 15) is 22.8 Å². The molecule has 2 aromatic carbocycles. The number of anilines is 1. The van der Waals surface area contributed by atoms with Gasteiger partial charge in [0.2, 0.25) is 11.8 Å². The van der Waals surface area contributed by atoms with Gasteiger partial charge in [-0.25, -0.2) is 4.99 Å². The van der Waals surface area contributed by atoms with Crippen LogP contribution >= 0.6 is 11.8 Å². The van der Waals surface area contributed by atoms with Crippen LogP contribution in [0, 0.1) is 0 Å². The fourth-order valence-corrected chi connectivity index (χ4v) is 4.15. The molecule has 0 aromatic heterocycles. The Morgan fingerprint density at radius 2 is 1.87 bits per heavy atom. The van der Waals surface area contributed by atoms with E-state index in [4.69, 9.17) is 0 Å². The summed E-state index contributed by atoms with van der Waals surface area (Å²) in [4.78, 5) is 30.4. The van der Waals surface area contributed by atoms with Gasteiger partial charge in [-0.05, 0) is 41.8 Å². The highest BCUT2D eigenvalue weighted by Gasteiger charge is 2.37. The van der Waals surface area contributed by atoms with Gasteiger partial charge in [-0.2, -0.15) is 13.2 Å². The topological polar surface area (TPSA) is 61.8 Å². The minimum atomic E-state index is -4.48. The van der Waals surface area contributed by atoms with Gasteiger partial charge in [0, 0.05) is 19.2 Å². The maximum absolute atomic E-state index is 12.9. The zero-order valence-electron chi connectivity index (χ0n) is 17.2. The van der Waals surface area contributed by atoms with Crippen LogP contribution in [0.25, 0.3) is 0 Å². The number of amidine groups is 1. The average molecular weight is 449 g/mol. The molecule has 3 rings (SSSR count). The number of thioether (sulfide) groups is 1. The number of rotatable bonds is 5. The first-order chi connectivity index (χ1) is 14.5. The molecule has 0 radical (unpaired) electrons. The minimum absolute atomic E-state index is 0.0681. The molecule has 2 amide bonds. The summed E-state index contributed by atoms with van der Waals surface area (Å²) < 4.78 is 38.7. The molecule has 9 heteroatoms. The lowest BCUT2D eigenvalue weighted by molar-refractivity contribution is -0.137. The fraction of sp³-hybridized carbons (Fsp3) is 0.318. The van der Waals surface area contributed by atoms with Crippen LogP contribution in [-0.2, 0) is 15.8 Å². The number of nitrogens with one attached hydrogen (secondary N) is 1. The van der Waals surface area contributed by atoms with Crippen molar-refractivity contribution in [2.24, 2.45) is 4.99 Å². The molecule has 2 aromatic rings. The first-order valence-electron chi connectivity index (χ1n) is 9.64. The Kier molecular flexibility index (Phi) is 6.74. The molecule has 1 N–H and O–H groups in total. The largest absolute Gasteiger partial charge is 0.416 e. The summed E-state index contributed by atoms with van der Waals surface area (Å²) in [6.45, 7) is 4.15. The Bertz CT molecular complexity index is 1000. The number of carbonyl (C=O) groups is 2. The van der Waals surface area contributed by atoms with E-state index in [0.29, 0.717) is 11.6 Å². The van der Waals surface area contributed by atoms with Gasteiger partial charge in [0.05, 0.1) is 11.3 Å². The van der Waals surface area contributed by atoms with Crippen molar-refractivity contribution in [2.45, 2.75) is 37.6 Å². The van der Waals surface area contributed by atoms with Crippen molar-refractivity contribution in [3.8, 4) is 0 Å². The van der Waals surface area contributed by atoms with Gasteiger partial charge >= 0.3 is 6.18 Å². The van der Waals surface area contributed by atoms with E-state index < -0.39 is 17.0 Å². The minimum Gasteiger partial charge on any atom is -0.326 e. The quantitative estimate of drug-likeness (QED) is 0.663. The van der Waals surface area contributed by atoms with E-state index in [1.54, 1.807) is 0 Å². The molecular formula is C22H22F3N3O2S. The summed E-state index contributed by atoms with van der Waals surface area (Å²) in [6.07, 6.45) is -4.55. The lowest BCUT2D eigenvalue weighted by atomic mass is 10.0. The number of hydrogen-bond acceptors (Lipinski definition) is 4. The second-order valence-corrected chi connectivity index (χ2v) is 8.65. The van der Waals surface area contributed by atoms with Crippen LogP contribution in [0.1, 0.15) is 37.3 Å². The Hall–Kier alpha value is -2.81. The Balaban J connectivity index is 1.67. The third kappa shape index (κ3) is 5.66. The lowest BCUT2D eigenvalue weighted by Crippen LogP contribution is -2.30. The number of halogens is 3.